The lowest BCUT2D eigenvalue weighted by molar-refractivity contribution is 0.340. The van der Waals surface area contributed by atoms with Crippen LogP contribution in [0.3, 0.4) is 0 Å². The molecule has 0 aliphatic heterocycles. The average Bonchev–Trinajstić information content (AvgIpc) is 3.19. The molecule has 6 nitrogen and oxygen atoms in total. The van der Waals surface area contributed by atoms with Gasteiger partial charge in [0.25, 0.3) is 0 Å². The van der Waals surface area contributed by atoms with E-state index in [9.17, 15) is 8.42 Å². The zero-order chi connectivity index (χ0) is 23.6. The van der Waals surface area contributed by atoms with Gasteiger partial charge >= 0.3 is 0 Å². The first-order chi connectivity index (χ1) is 15.8. The van der Waals surface area contributed by atoms with Crippen molar-refractivity contribution >= 4 is 21.4 Å². The van der Waals surface area contributed by atoms with Gasteiger partial charge in [-0.2, -0.15) is 4.98 Å². The summed E-state index contributed by atoms with van der Waals surface area (Å²) < 4.78 is 38.4. The van der Waals surface area contributed by atoms with Crippen molar-refractivity contribution in [2.75, 3.05) is 11.9 Å². The van der Waals surface area contributed by atoms with Gasteiger partial charge in [-0.25, -0.2) is 8.42 Å². The van der Waals surface area contributed by atoms with Gasteiger partial charge < -0.3 is 14.5 Å². The third-order valence-electron chi connectivity index (χ3n) is 5.07. The van der Waals surface area contributed by atoms with E-state index in [2.05, 4.69) is 10.3 Å². The summed E-state index contributed by atoms with van der Waals surface area (Å²) in [6, 6.07) is 19.8. The Morgan fingerprint density at radius 1 is 0.879 bits per heavy atom. The number of anilines is 2. The van der Waals surface area contributed by atoms with Crippen LogP contribution in [0.4, 0.5) is 11.6 Å². The molecule has 0 radical (unpaired) electrons. The maximum atomic E-state index is 13.5. The minimum absolute atomic E-state index is 0.0736. The van der Waals surface area contributed by atoms with Crippen molar-refractivity contribution < 1.29 is 17.6 Å². The fraction of sp³-hybridized carbons (Fsp3) is 0.192. The fourth-order valence-corrected chi connectivity index (χ4v) is 4.82. The number of aryl methyl sites for hydroxylation is 3. The normalized spacial score (nSPS) is 11.4. The van der Waals surface area contributed by atoms with E-state index in [1.165, 1.54) is 0 Å². The molecule has 4 aromatic rings. The summed E-state index contributed by atoms with van der Waals surface area (Å²) in [6.45, 7) is 8.34. The topological polar surface area (TPSA) is 81.4 Å². The molecule has 1 heterocycles. The second-order valence-electron chi connectivity index (χ2n) is 7.93. The Balaban J connectivity index is 1.81. The number of nitrogens with zero attached hydrogens (tertiary/aromatic N) is 1. The molecule has 1 N–H and O–H groups in total. The Labute approximate surface area is 194 Å². The number of oxazole rings is 1. The Bertz CT molecular complexity index is 1350. The summed E-state index contributed by atoms with van der Waals surface area (Å²) in [6.07, 6.45) is 0. The number of sulfone groups is 1. The van der Waals surface area contributed by atoms with E-state index in [0.29, 0.717) is 17.9 Å². The number of benzene rings is 3. The highest BCUT2D eigenvalue weighted by Crippen LogP contribution is 2.35. The van der Waals surface area contributed by atoms with Crippen molar-refractivity contribution in [1.82, 2.24) is 4.98 Å². The quantitative estimate of drug-likeness (QED) is 0.350. The zero-order valence-corrected chi connectivity index (χ0v) is 19.9. The van der Waals surface area contributed by atoms with Crippen LogP contribution in [0.15, 0.2) is 81.1 Å². The van der Waals surface area contributed by atoms with Gasteiger partial charge in [-0.1, -0.05) is 23.8 Å². The zero-order valence-electron chi connectivity index (χ0n) is 19.0. The minimum atomic E-state index is -3.92. The van der Waals surface area contributed by atoms with Gasteiger partial charge in [0.1, 0.15) is 5.75 Å². The molecule has 0 fully saturated rings. The molecule has 0 spiro atoms. The van der Waals surface area contributed by atoms with Gasteiger partial charge in [-0.05, 0) is 87.4 Å². The van der Waals surface area contributed by atoms with Crippen molar-refractivity contribution in [1.29, 1.82) is 0 Å². The molecule has 4 rings (SSSR count). The van der Waals surface area contributed by atoms with Gasteiger partial charge in [0.05, 0.1) is 11.5 Å². The molecule has 3 aromatic carbocycles. The number of ether oxygens (including phenoxy) is 1. The molecule has 33 heavy (non-hydrogen) atoms. The predicted molar refractivity (Wildman–Crippen MR) is 129 cm³/mol. The summed E-state index contributed by atoms with van der Waals surface area (Å²) in [7, 11) is -3.92. The van der Waals surface area contributed by atoms with Crippen LogP contribution in [0.25, 0.3) is 11.5 Å². The van der Waals surface area contributed by atoms with Crippen molar-refractivity contribution in [3.8, 4) is 17.2 Å². The van der Waals surface area contributed by atoms with E-state index >= 15 is 0 Å². The van der Waals surface area contributed by atoms with Crippen LogP contribution in [-0.2, 0) is 9.84 Å². The van der Waals surface area contributed by atoms with E-state index in [0.717, 1.165) is 22.4 Å². The predicted octanol–water partition coefficient (Wildman–Crippen LogP) is 6.24. The molecule has 0 saturated carbocycles. The summed E-state index contributed by atoms with van der Waals surface area (Å²) in [5.41, 5.74) is 4.44. The molecule has 0 saturated heterocycles. The summed E-state index contributed by atoms with van der Waals surface area (Å²) in [5, 5.41) is 2.97. The molecule has 0 aliphatic rings. The summed E-state index contributed by atoms with van der Waals surface area (Å²) in [4.78, 5) is 4.57. The third kappa shape index (κ3) is 4.93. The van der Waals surface area contributed by atoms with Gasteiger partial charge in [0.2, 0.25) is 26.6 Å². The summed E-state index contributed by atoms with van der Waals surface area (Å²) >= 11 is 0. The Kier molecular flexibility index (Phi) is 6.24. The number of rotatable bonds is 7. The number of hydrogen-bond donors (Lipinski definition) is 1. The lowest BCUT2D eigenvalue weighted by Crippen LogP contribution is -2.05. The average molecular weight is 463 g/mol. The second-order valence-corrected chi connectivity index (χ2v) is 9.79. The van der Waals surface area contributed by atoms with E-state index in [1.807, 2.05) is 45.9 Å². The first kappa shape index (κ1) is 22.6. The van der Waals surface area contributed by atoms with Crippen LogP contribution in [0.5, 0.6) is 5.75 Å². The summed E-state index contributed by atoms with van der Waals surface area (Å²) in [5.74, 6) is 0.994. The van der Waals surface area contributed by atoms with Crippen molar-refractivity contribution in [3.05, 3.63) is 83.4 Å². The highest BCUT2D eigenvalue weighted by Gasteiger charge is 2.29. The van der Waals surface area contributed by atoms with E-state index in [4.69, 9.17) is 9.15 Å². The lowest BCUT2D eigenvalue weighted by atomic mass is 10.1. The molecule has 7 heteroatoms. The van der Waals surface area contributed by atoms with Crippen molar-refractivity contribution in [2.24, 2.45) is 0 Å². The lowest BCUT2D eigenvalue weighted by Gasteiger charge is -2.08. The molecule has 0 atom stereocenters. The molecule has 1 aromatic heterocycles. The van der Waals surface area contributed by atoms with E-state index < -0.39 is 9.84 Å². The highest BCUT2D eigenvalue weighted by atomic mass is 32.2. The van der Waals surface area contributed by atoms with E-state index in [1.54, 1.807) is 48.5 Å². The molecular weight excluding hydrogens is 436 g/mol. The van der Waals surface area contributed by atoms with Crippen LogP contribution >= 0.6 is 0 Å². The minimum Gasteiger partial charge on any atom is -0.494 e. The maximum Gasteiger partial charge on any atom is 0.238 e. The molecule has 0 amide bonds. The monoisotopic (exact) mass is 462 g/mol. The number of aromatic nitrogens is 1. The van der Waals surface area contributed by atoms with Crippen LogP contribution in [-0.4, -0.2) is 20.0 Å². The van der Waals surface area contributed by atoms with E-state index in [-0.39, 0.29) is 21.7 Å². The Morgan fingerprint density at radius 2 is 1.52 bits per heavy atom. The molecular formula is C26H26N2O4S. The largest absolute Gasteiger partial charge is 0.494 e. The Morgan fingerprint density at radius 3 is 2.12 bits per heavy atom. The van der Waals surface area contributed by atoms with Crippen LogP contribution in [0, 0.1) is 20.8 Å². The first-order valence-electron chi connectivity index (χ1n) is 10.7. The van der Waals surface area contributed by atoms with Crippen LogP contribution in [0.2, 0.25) is 0 Å². The SMILES string of the molecule is CCOc1ccc(-c2nc(S(=O)(=O)c3ccc(C)cc3)c(Nc3cc(C)cc(C)c3)o2)cc1. The highest BCUT2D eigenvalue weighted by molar-refractivity contribution is 7.91. The second kappa shape index (κ2) is 9.11. The van der Waals surface area contributed by atoms with Gasteiger partial charge in [-0.15, -0.1) is 0 Å². The maximum absolute atomic E-state index is 13.5. The van der Waals surface area contributed by atoms with Crippen LogP contribution in [0.1, 0.15) is 23.6 Å². The van der Waals surface area contributed by atoms with Gasteiger partial charge in [0.15, 0.2) is 0 Å². The number of hydrogen-bond acceptors (Lipinski definition) is 6. The molecule has 0 bridgehead atoms. The van der Waals surface area contributed by atoms with Crippen LogP contribution < -0.4 is 10.1 Å². The fourth-order valence-electron chi connectivity index (χ4n) is 3.56. The standard InChI is InChI=1S/C26H26N2O4S/c1-5-31-22-10-8-20(9-11-22)24-28-26(33(29,30)23-12-6-17(2)7-13-23)25(32-24)27-21-15-18(3)14-19(4)16-21/h6-16,27H,5H2,1-4H3. The molecule has 0 unspecified atom stereocenters. The van der Waals surface area contributed by atoms with Gasteiger partial charge in [0, 0.05) is 11.3 Å². The van der Waals surface area contributed by atoms with Crippen molar-refractivity contribution in [2.45, 2.75) is 37.6 Å². The van der Waals surface area contributed by atoms with Crippen molar-refractivity contribution in [3.63, 3.8) is 0 Å². The molecule has 170 valence electrons. The molecule has 0 aliphatic carbocycles. The first-order valence-corrected chi connectivity index (χ1v) is 12.2. The Hall–Kier alpha value is -3.58. The number of nitrogens with one attached hydrogen (secondary N) is 1. The smallest absolute Gasteiger partial charge is 0.238 e. The van der Waals surface area contributed by atoms with Gasteiger partial charge in [-0.3, -0.25) is 0 Å². The third-order valence-corrected chi connectivity index (χ3v) is 6.75.